The molecule has 1 aromatic heterocycles. The Labute approximate surface area is 189 Å². The Bertz CT molecular complexity index is 1470. The van der Waals surface area contributed by atoms with Crippen molar-refractivity contribution in [2.24, 2.45) is 0 Å². The first-order chi connectivity index (χ1) is 15.7. The molecule has 0 saturated carbocycles. The number of carbonyl (C=O) groups is 2. The number of anilines is 1. The molecule has 34 heavy (non-hydrogen) atoms. The quantitative estimate of drug-likeness (QED) is 0.426. The fourth-order valence-electron chi connectivity index (χ4n) is 3.14. The average Bonchev–Trinajstić information content (AvgIpc) is 2.70. The van der Waals surface area contributed by atoms with E-state index in [-0.39, 0.29) is 0 Å². The van der Waals surface area contributed by atoms with Crippen molar-refractivity contribution in [1.82, 2.24) is 4.57 Å². The number of amides is 1. The molecule has 3 aromatic rings. The second-order valence-electron chi connectivity index (χ2n) is 8.05. The van der Waals surface area contributed by atoms with E-state index in [1.54, 1.807) is 20.8 Å². The summed E-state index contributed by atoms with van der Waals surface area (Å²) in [6, 6.07) is 1.55. The molecule has 176 valence electrons. The van der Waals surface area contributed by atoms with Gasteiger partial charge in [-0.15, -0.1) is 6.42 Å². The maximum atomic E-state index is 14.9. The number of nitrogens with one attached hydrogen (secondary N) is 1. The summed E-state index contributed by atoms with van der Waals surface area (Å²) >= 11 is 0. The van der Waals surface area contributed by atoms with Crippen molar-refractivity contribution in [1.29, 1.82) is 0 Å². The number of fused-ring (bicyclic) bond motifs is 1. The van der Waals surface area contributed by atoms with E-state index in [4.69, 9.17) is 11.2 Å². The number of ether oxygens (including phenoxy) is 1. The number of hydrogen-bond acceptors (Lipinski definition) is 4. The number of carboxylic acids is 1. The molecule has 11 heteroatoms. The summed E-state index contributed by atoms with van der Waals surface area (Å²) in [6.45, 7) is 4.65. The van der Waals surface area contributed by atoms with Gasteiger partial charge in [0.05, 0.1) is 27.8 Å². The van der Waals surface area contributed by atoms with Gasteiger partial charge in [0.15, 0.2) is 11.6 Å². The van der Waals surface area contributed by atoms with Crippen molar-refractivity contribution in [3.05, 3.63) is 69.0 Å². The molecule has 0 bridgehead atoms. The van der Waals surface area contributed by atoms with Crippen molar-refractivity contribution in [3.8, 4) is 18.0 Å². The van der Waals surface area contributed by atoms with E-state index < -0.39 is 79.8 Å². The third kappa shape index (κ3) is 4.43. The topological polar surface area (TPSA) is 97.6 Å². The van der Waals surface area contributed by atoms with E-state index in [0.717, 1.165) is 6.07 Å². The predicted molar refractivity (Wildman–Crippen MR) is 114 cm³/mol. The number of carbonyl (C=O) groups excluding carboxylic acids is 1. The van der Waals surface area contributed by atoms with Crippen LogP contribution in [0.5, 0.6) is 0 Å². The molecule has 0 aliphatic heterocycles. The summed E-state index contributed by atoms with van der Waals surface area (Å²) in [6.07, 6.45) is 4.83. The van der Waals surface area contributed by atoms with Gasteiger partial charge in [-0.05, 0) is 32.9 Å². The van der Waals surface area contributed by atoms with Crippen LogP contribution in [0.2, 0.25) is 0 Å². The van der Waals surface area contributed by atoms with Crippen LogP contribution in [-0.2, 0) is 4.74 Å². The van der Waals surface area contributed by atoms with Crippen molar-refractivity contribution < 1.29 is 37.0 Å². The molecular formula is C23H16F4N2O5. The number of nitrogens with zero attached hydrogens (tertiary/aromatic N) is 1. The number of aromatic nitrogens is 1. The molecule has 0 aliphatic carbocycles. The number of rotatable bonds is 3. The highest BCUT2D eigenvalue weighted by atomic mass is 19.2. The normalized spacial score (nSPS) is 11.2. The van der Waals surface area contributed by atoms with Gasteiger partial charge in [0.25, 0.3) is 0 Å². The zero-order valence-corrected chi connectivity index (χ0v) is 17.9. The van der Waals surface area contributed by atoms with Gasteiger partial charge in [-0.25, -0.2) is 27.2 Å². The molecule has 0 spiro atoms. The highest BCUT2D eigenvalue weighted by molar-refractivity contribution is 5.95. The third-order valence-corrected chi connectivity index (χ3v) is 4.49. The molecule has 7 nitrogen and oxygen atoms in total. The van der Waals surface area contributed by atoms with E-state index in [1.807, 2.05) is 5.92 Å². The largest absolute Gasteiger partial charge is 0.477 e. The smallest absolute Gasteiger partial charge is 0.412 e. The second kappa shape index (κ2) is 8.55. The number of pyridine rings is 1. The fourth-order valence-corrected chi connectivity index (χ4v) is 3.14. The molecule has 2 aromatic carbocycles. The molecule has 1 amide bonds. The predicted octanol–water partition coefficient (Wildman–Crippen LogP) is 4.57. The van der Waals surface area contributed by atoms with Gasteiger partial charge in [0.1, 0.15) is 22.8 Å². The van der Waals surface area contributed by atoms with Crippen molar-refractivity contribution in [3.63, 3.8) is 0 Å². The molecule has 0 atom stereocenters. The molecule has 0 radical (unpaired) electrons. The molecule has 0 aliphatic rings. The van der Waals surface area contributed by atoms with Crippen LogP contribution in [-0.4, -0.2) is 27.3 Å². The van der Waals surface area contributed by atoms with Gasteiger partial charge in [-0.2, -0.15) is 0 Å². The lowest BCUT2D eigenvalue weighted by atomic mass is 10.0. The molecule has 2 N–H and O–H groups in total. The van der Waals surface area contributed by atoms with Crippen LogP contribution < -0.4 is 10.7 Å². The van der Waals surface area contributed by atoms with Crippen LogP contribution in [0.4, 0.5) is 28.0 Å². The Morgan fingerprint density at radius 1 is 1.09 bits per heavy atom. The van der Waals surface area contributed by atoms with Gasteiger partial charge in [-0.3, -0.25) is 10.1 Å². The zero-order chi connectivity index (χ0) is 25.5. The van der Waals surface area contributed by atoms with Crippen molar-refractivity contribution in [2.75, 3.05) is 5.32 Å². The van der Waals surface area contributed by atoms with Gasteiger partial charge in [-0.1, -0.05) is 5.92 Å². The fraction of sp³-hybridized carbons (Fsp3) is 0.174. The van der Waals surface area contributed by atoms with Gasteiger partial charge in [0, 0.05) is 12.3 Å². The standard InChI is InChI=1S/C23H16F4N2O5/c1-5-10-18(27)15(26)6-11-19(10)29(9-12(20(11)30)21(31)32)17-8-16(13(24)7-14(17)25)28-22(33)34-23(2,3)4/h1,6-9H,2-4H3,(H,28,33)(H,31,32). The Kier molecular flexibility index (Phi) is 6.11. The minimum absolute atomic E-state index is 0.363. The van der Waals surface area contributed by atoms with Crippen molar-refractivity contribution in [2.45, 2.75) is 26.4 Å². The molecule has 1 heterocycles. The lowest BCUT2D eigenvalue weighted by molar-refractivity contribution is 0.0633. The minimum Gasteiger partial charge on any atom is -0.477 e. The SMILES string of the molecule is C#Cc1c(F)c(F)cc2c(=O)c(C(=O)O)cn(-c3cc(NC(=O)OC(C)(C)C)c(F)cc3F)c12. The first-order valence-corrected chi connectivity index (χ1v) is 9.51. The van der Waals surface area contributed by atoms with E-state index >= 15 is 0 Å². The highest BCUT2D eigenvalue weighted by Crippen LogP contribution is 2.29. The Balaban J connectivity index is 2.38. The van der Waals surface area contributed by atoms with Crippen LogP contribution in [0.15, 0.2) is 29.2 Å². The molecular weight excluding hydrogens is 460 g/mol. The monoisotopic (exact) mass is 476 g/mol. The van der Waals surface area contributed by atoms with Crippen LogP contribution >= 0.6 is 0 Å². The van der Waals surface area contributed by atoms with Crippen LogP contribution in [0.3, 0.4) is 0 Å². The van der Waals surface area contributed by atoms with E-state index in [2.05, 4.69) is 5.32 Å². The number of carboxylic acid groups (broad SMARTS) is 1. The first kappa shape index (κ1) is 24.3. The summed E-state index contributed by atoms with van der Waals surface area (Å²) in [5, 5.41) is 10.8. The third-order valence-electron chi connectivity index (χ3n) is 4.49. The van der Waals surface area contributed by atoms with Gasteiger partial charge >= 0.3 is 12.1 Å². The van der Waals surface area contributed by atoms with Crippen LogP contribution in [0.25, 0.3) is 16.6 Å². The number of aromatic carboxylic acids is 1. The minimum atomic E-state index is -1.75. The Morgan fingerprint density at radius 2 is 1.74 bits per heavy atom. The highest BCUT2D eigenvalue weighted by Gasteiger charge is 2.24. The van der Waals surface area contributed by atoms with E-state index in [1.165, 1.54) is 0 Å². The van der Waals surface area contributed by atoms with E-state index in [9.17, 15) is 37.1 Å². The maximum absolute atomic E-state index is 14.9. The second-order valence-corrected chi connectivity index (χ2v) is 8.05. The van der Waals surface area contributed by atoms with Gasteiger partial charge < -0.3 is 14.4 Å². The molecule has 0 unspecified atom stereocenters. The number of hydrogen-bond donors (Lipinski definition) is 2. The molecule has 3 rings (SSSR count). The first-order valence-electron chi connectivity index (χ1n) is 9.51. The number of terminal acetylenes is 1. The maximum Gasteiger partial charge on any atom is 0.412 e. The molecule has 0 saturated heterocycles. The van der Waals surface area contributed by atoms with E-state index in [0.29, 0.717) is 22.9 Å². The number of halogens is 4. The average molecular weight is 476 g/mol. The van der Waals surface area contributed by atoms with Crippen molar-refractivity contribution >= 4 is 28.7 Å². The lowest BCUT2D eigenvalue weighted by Gasteiger charge is -2.20. The molecule has 0 fully saturated rings. The summed E-state index contributed by atoms with van der Waals surface area (Å²) < 4.78 is 63.4. The van der Waals surface area contributed by atoms with Crippen LogP contribution in [0, 0.1) is 35.6 Å². The van der Waals surface area contributed by atoms with Gasteiger partial charge in [0.2, 0.25) is 5.43 Å². The summed E-state index contributed by atoms with van der Waals surface area (Å²) in [4.78, 5) is 36.2. The number of benzene rings is 2. The summed E-state index contributed by atoms with van der Waals surface area (Å²) in [5.74, 6) is -5.47. The lowest BCUT2D eigenvalue weighted by Crippen LogP contribution is -2.27. The Morgan fingerprint density at radius 3 is 2.29 bits per heavy atom. The van der Waals surface area contributed by atoms with Crippen LogP contribution in [0.1, 0.15) is 36.7 Å². The Hall–Kier alpha value is -4.33. The summed E-state index contributed by atoms with van der Waals surface area (Å²) in [7, 11) is 0. The summed E-state index contributed by atoms with van der Waals surface area (Å²) in [5.41, 5.74) is -5.62. The zero-order valence-electron chi connectivity index (χ0n) is 17.9.